The van der Waals surface area contributed by atoms with Gasteiger partial charge in [-0.25, -0.2) is 8.42 Å². The number of ether oxygens (including phenoxy) is 1. The second-order valence-electron chi connectivity index (χ2n) is 9.77. The van der Waals surface area contributed by atoms with E-state index in [0.717, 1.165) is 40.1 Å². The lowest BCUT2D eigenvalue weighted by Crippen LogP contribution is -2.53. The predicted octanol–water partition coefficient (Wildman–Crippen LogP) is 4.33. The largest absolute Gasteiger partial charge is 0.497 e. The molecule has 0 radical (unpaired) electrons. The topological polar surface area (TPSA) is 96.0 Å². The molecule has 9 heteroatoms. The maximum Gasteiger partial charge on any atom is 0.244 e. The molecule has 40 heavy (non-hydrogen) atoms. The van der Waals surface area contributed by atoms with E-state index in [1.165, 1.54) is 12.0 Å². The first-order valence-corrected chi connectivity index (χ1v) is 15.3. The predicted molar refractivity (Wildman–Crippen MR) is 159 cm³/mol. The second-order valence-corrected chi connectivity index (χ2v) is 11.7. The van der Waals surface area contributed by atoms with Gasteiger partial charge in [0.25, 0.3) is 0 Å². The van der Waals surface area contributed by atoms with Crippen LogP contribution in [0.15, 0.2) is 78.9 Å². The monoisotopic (exact) mass is 565 g/mol. The molecule has 0 aliphatic heterocycles. The van der Waals surface area contributed by atoms with E-state index in [1.807, 2.05) is 68.4 Å². The van der Waals surface area contributed by atoms with Gasteiger partial charge >= 0.3 is 0 Å². The molecule has 0 saturated carbocycles. The molecule has 0 aromatic heterocycles. The van der Waals surface area contributed by atoms with Crippen molar-refractivity contribution in [2.75, 3.05) is 30.8 Å². The Balaban J connectivity index is 2.03. The molecule has 1 atom stereocenters. The molecule has 3 rings (SSSR count). The molecule has 0 unspecified atom stereocenters. The molecule has 3 aromatic carbocycles. The number of nitrogens with one attached hydrogen (secondary N) is 1. The van der Waals surface area contributed by atoms with Crippen molar-refractivity contribution < 1.29 is 22.7 Å². The van der Waals surface area contributed by atoms with Crippen molar-refractivity contribution in [2.45, 2.75) is 45.7 Å². The Morgan fingerprint density at radius 2 is 1.60 bits per heavy atom. The van der Waals surface area contributed by atoms with Gasteiger partial charge in [-0.2, -0.15) is 0 Å². The number of unbranched alkanes of at least 4 members (excludes halogenated alkanes) is 1. The van der Waals surface area contributed by atoms with Gasteiger partial charge in [-0.3, -0.25) is 13.9 Å². The van der Waals surface area contributed by atoms with Gasteiger partial charge in [-0.05, 0) is 54.3 Å². The van der Waals surface area contributed by atoms with Crippen LogP contribution in [0.3, 0.4) is 0 Å². The van der Waals surface area contributed by atoms with E-state index >= 15 is 0 Å². The van der Waals surface area contributed by atoms with Crippen molar-refractivity contribution in [3.05, 3.63) is 95.6 Å². The molecule has 0 bridgehead atoms. The zero-order valence-corrected chi connectivity index (χ0v) is 24.5. The number of rotatable bonds is 14. The summed E-state index contributed by atoms with van der Waals surface area (Å²) >= 11 is 0. The fraction of sp³-hybridized carbons (Fsp3) is 0.355. The summed E-state index contributed by atoms with van der Waals surface area (Å²) in [5.41, 5.74) is 3.08. The Bertz CT molecular complexity index is 1360. The number of anilines is 1. The number of carbonyl (C=O) groups is 2. The van der Waals surface area contributed by atoms with E-state index in [2.05, 4.69) is 5.32 Å². The number of aryl methyl sites for hydroxylation is 1. The summed E-state index contributed by atoms with van der Waals surface area (Å²) in [4.78, 5) is 29.2. The molecule has 1 N–H and O–H groups in total. The van der Waals surface area contributed by atoms with Gasteiger partial charge in [0, 0.05) is 19.5 Å². The molecular weight excluding hydrogens is 526 g/mol. The van der Waals surface area contributed by atoms with E-state index in [1.54, 1.807) is 24.3 Å². The third kappa shape index (κ3) is 8.58. The van der Waals surface area contributed by atoms with E-state index in [-0.39, 0.29) is 18.9 Å². The summed E-state index contributed by atoms with van der Waals surface area (Å²) in [6, 6.07) is 22.8. The van der Waals surface area contributed by atoms with Crippen LogP contribution >= 0.6 is 0 Å². The molecular formula is C31H39N3O5S. The van der Waals surface area contributed by atoms with Gasteiger partial charge in [0.05, 0.1) is 19.1 Å². The van der Waals surface area contributed by atoms with E-state index in [9.17, 15) is 18.0 Å². The van der Waals surface area contributed by atoms with Crippen molar-refractivity contribution in [1.82, 2.24) is 10.2 Å². The molecule has 0 heterocycles. The van der Waals surface area contributed by atoms with Crippen LogP contribution in [0.2, 0.25) is 0 Å². The molecule has 0 fully saturated rings. The summed E-state index contributed by atoms with van der Waals surface area (Å²) < 4.78 is 32.0. The fourth-order valence-corrected chi connectivity index (χ4v) is 5.24. The van der Waals surface area contributed by atoms with Crippen LogP contribution in [0.4, 0.5) is 5.69 Å². The lowest BCUT2D eigenvalue weighted by molar-refractivity contribution is -0.140. The highest BCUT2D eigenvalue weighted by Crippen LogP contribution is 2.23. The molecule has 0 saturated heterocycles. The first kappa shape index (κ1) is 30.7. The number of sulfonamides is 1. The van der Waals surface area contributed by atoms with Crippen LogP contribution in [0.1, 0.15) is 36.5 Å². The fourth-order valence-electron chi connectivity index (χ4n) is 4.39. The summed E-state index contributed by atoms with van der Waals surface area (Å²) in [5, 5.41) is 2.99. The highest BCUT2D eigenvalue weighted by molar-refractivity contribution is 7.92. The van der Waals surface area contributed by atoms with Crippen molar-refractivity contribution in [3.63, 3.8) is 0 Å². The minimum atomic E-state index is -3.83. The van der Waals surface area contributed by atoms with Gasteiger partial charge in [0.1, 0.15) is 18.3 Å². The van der Waals surface area contributed by atoms with Crippen molar-refractivity contribution >= 4 is 27.5 Å². The first-order valence-electron chi connectivity index (χ1n) is 13.4. The lowest BCUT2D eigenvalue weighted by atomic mass is 10.0. The van der Waals surface area contributed by atoms with Crippen LogP contribution in [0, 0.1) is 6.92 Å². The minimum absolute atomic E-state index is 0.157. The molecule has 3 aromatic rings. The highest BCUT2D eigenvalue weighted by atomic mass is 32.2. The summed E-state index contributed by atoms with van der Waals surface area (Å²) in [6.07, 6.45) is 3.09. The molecule has 8 nitrogen and oxygen atoms in total. The zero-order valence-electron chi connectivity index (χ0n) is 23.7. The Hall–Kier alpha value is -3.85. The molecule has 2 amide bonds. The van der Waals surface area contributed by atoms with Crippen LogP contribution in [0.25, 0.3) is 0 Å². The average Bonchev–Trinajstić information content (AvgIpc) is 2.94. The zero-order chi connectivity index (χ0) is 29.1. The molecule has 0 aliphatic rings. The van der Waals surface area contributed by atoms with Crippen molar-refractivity contribution in [3.8, 4) is 5.75 Å². The lowest BCUT2D eigenvalue weighted by Gasteiger charge is -2.34. The first-order chi connectivity index (χ1) is 19.1. The summed E-state index contributed by atoms with van der Waals surface area (Å²) in [5.74, 6) is -0.179. The van der Waals surface area contributed by atoms with Crippen molar-refractivity contribution in [2.24, 2.45) is 0 Å². The number of hydrogen-bond acceptors (Lipinski definition) is 5. The number of benzene rings is 3. The number of amides is 2. The summed E-state index contributed by atoms with van der Waals surface area (Å²) in [6.45, 7) is 4.19. The van der Waals surface area contributed by atoms with Gasteiger partial charge in [0.15, 0.2) is 0 Å². The maximum absolute atomic E-state index is 14.1. The Morgan fingerprint density at radius 3 is 2.20 bits per heavy atom. The van der Waals surface area contributed by atoms with Crippen LogP contribution < -0.4 is 14.4 Å². The third-order valence-corrected chi connectivity index (χ3v) is 7.88. The van der Waals surface area contributed by atoms with Crippen LogP contribution in [0.5, 0.6) is 5.75 Å². The van der Waals surface area contributed by atoms with Crippen LogP contribution in [-0.2, 0) is 32.6 Å². The minimum Gasteiger partial charge on any atom is -0.497 e. The normalized spacial score (nSPS) is 11.9. The molecule has 0 spiro atoms. The standard InChI is InChI=1S/C31H39N3O5S/c1-5-6-20-32-31(36)29(21-25-13-8-7-9-14-25)33(22-26-15-11-10-12-24(26)2)30(35)23-34(40(4,37)38)27-16-18-28(39-3)19-17-27/h7-19,29H,5-6,20-23H2,1-4H3,(H,32,36)/t29-/m0/s1. The van der Waals surface area contributed by atoms with Gasteiger partial charge < -0.3 is 15.0 Å². The number of nitrogens with zero attached hydrogens (tertiary/aromatic N) is 2. The number of hydrogen-bond donors (Lipinski definition) is 1. The molecule has 0 aliphatic carbocycles. The Labute approximate surface area is 238 Å². The van der Waals surface area contributed by atoms with E-state index < -0.39 is 28.5 Å². The quantitative estimate of drug-likeness (QED) is 0.294. The van der Waals surface area contributed by atoms with Crippen LogP contribution in [-0.4, -0.2) is 57.6 Å². The molecule has 214 valence electrons. The van der Waals surface area contributed by atoms with Gasteiger partial charge in [-0.15, -0.1) is 0 Å². The smallest absolute Gasteiger partial charge is 0.244 e. The number of methoxy groups -OCH3 is 1. The highest BCUT2D eigenvalue weighted by Gasteiger charge is 2.33. The SMILES string of the molecule is CCCCNC(=O)[C@H](Cc1ccccc1)N(Cc1ccccc1C)C(=O)CN(c1ccc(OC)cc1)S(C)(=O)=O. The Kier molecular flexibility index (Phi) is 11.1. The van der Waals surface area contributed by atoms with Crippen molar-refractivity contribution in [1.29, 1.82) is 0 Å². The maximum atomic E-state index is 14.1. The van der Waals surface area contributed by atoms with Gasteiger partial charge in [0.2, 0.25) is 21.8 Å². The third-order valence-electron chi connectivity index (χ3n) is 6.74. The summed E-state index contributed by atoms with van der Waals surface area (Å²) in [7, 11) is -2.30. The second kappa shape index (κ2) is 14.5. The average molecular weight is 566 g/mol. The Morgan fingerprint density at radius 1 is 0.950 bits per heavy atom. The van der Waals surface area contributed by atoms with E-state index in [4.69, 9.17) is 4.74 Å². The van der Waals surface area contributed by atoms with E-state index in [0.29, 0.717) is 18.0 Å². The van der Waals surface area contributed by atoms with Gasteiger partial charge in [-0.1, -0.05) is 67.9 Å². The number of carbonyl (C=O) groups excluding carboxylic acids is 2.